The lowest BCUT2D eigenvalue weighted by molar-refractivity contribution is -0.143. The molecule has 8 heteroatoms. The highest BCUT2D eigenvalue weighted by atomic mass is 19.4. The third-order valence-corrected chi connectivity index (χ3v) is 6.44. The van der Waals surface area contributed by atoms with Crippen molar-refractivity contribution in [1.29, 1.82) is 0 Å². The van der Waals surface area contributed by atoms with Gasteiger partial charge in [0.1, 0.15) is 0 Å². The second kappa shape index (κ2) is 31.3. The Morgan fingerprint density at radius 2 is 1.34 bits per heavy atom. The Morgan fingerprint density at radius 1 is 0.820 bits per heavy atom. The summed E-state index contributed by atoms with van der Waals surface area (Å²) in [6.45, 7) is 33.2. The number of allylic oxidation sites excluding steroid dienone is 2. The summed E-state index contributed by atoms with van der Waals surface area (Å²) in [5.74, 6) is 0.963. The summed E-state index contributed by atoms with van der Waals surface area (Å²) in [5, 5.41) is 2.21. The molecule has 1 aliphatic heterocycles. The maximum atomic E-state index is 12.4. The van der Waals surface area contributed by atoms with Crippen LogP contribution in [0.4, 0.5) is 26.3 Å². The van der Waals surface area contributed by atoms with Crippen molar-refractivity contribution in [3.8, 4) is 0 Å². The molecule has 2 aromatic rings. The molecule has 0 unspecified atom stereocenters. The predicted molar refractivity (Wildman–Crippen MR) is 209 cm³/mol. The van der Waals surface area contributed by atoms with Gasteiger partial charge in [0.25, 0.3) is 6.21 Å². The Balaban J connectivity index is -0.000000296. The van der Waals surface area contributed by atoms with Crippen LogP contribution in [0.2, 0.25) is 0 Å². The average Bonchev–Trinajstić information content (AvgIpc) is 3.56. The first-order chi connectivity index (χ1) is 23.6. The van der Waals surface area contributed by atoms with Gasteiger partial charge in [0, 0.05) is 24.1 Å². The monoisotopic (exact) mass is 712 g/mol. The van der Waals surface area contributed by atoms with Crippen LogP contribution in [0.15, 0.2) is 72.4 Å². The van der Waals surface area contributed by atoms with E-state index < -0.39 is 23.5 Å². The third-order valence-electron chi connectivity index (χ3n) is 6.44. The van der Waals surface area contributed by atoms with Gasteiger partial charge in [0.05, 0.1) is 16.3 Å². The second-order valence-electron chi connectivity index (χ2n) is 10.3. The van der Waals surface area contributed by atoms with Crippen LogP contribution in [0, 0.1) is 5.92 Å². The fraction of sp³-hybridized carbons (Fsp3) is 0.500. The van der Waals surface area contributed by atoms with Gasteiger partial charge in [0.15, 0.2) is 0 Å². The van der Waals surface area contributed by atoms with Gasteiger partial charge < -0.3 is 0 Å². The molecule has 0 saturated heterocycles. The number of aliphatic imine (C=N–C) groups is 1. The number of hydrogen-bond donors (Lipinski definition) is 0. The summed E-state index contributed by atoms with van der Waals surface area (Å²) in [6, 6.07) is 7.92. The lowest BCUT2D eigenvalue weighted by atomic mass is 10.0. The first kappa shape index (κ1) is 53.2. The molecule has 0 amide bonds. The Morgan fingerprint density at radius 3 is 1.76 bits per heavy atom. The smallest absolute Gasteiger partial charge is 0.262 e. The van der Waals surface area contributed by atoms with Crippen molar-refractivity contribution >= 4 is 24.1 Å². The van der Waals surface area contributed by atoms with Gasteiger partial charge in [0.2, 0.25) is 0 Å². The van der Waals surface area contributed by atoms with Crippen LogP contribution >= 0.6 is 0 Å². The summed E-state index contributed by atoms with van der Waals surface area (Å²) in [7, 11) is 0. The number of nitrogens with zero attached hydrogens (tertiary/aromatic N) is 2. The van der Waals surface area contributed by atoms with Gasteiger partial charge in [-0.1, -0.05) is 124 Å². The molecule has 2 aromatic carbocycles. The maximum Gasteiger partial charge on any atom is 0.416 e. The Kier molecular flexibility index (Phi) is 33.3. The van der Waals surface area contributed by atoms with Crippen molar-refractivity contribution in [2.24, 2.45) is 10.9 Å². The molecule has 0 atom stereocenters. The fourth-order valence-corrected chi connectivity index (χ4v) is 4.16. The highest BCUT2D eigenvalue weighted by Crippen LogP contribution is 2.37. The van der Waals surface area contributed by atoms with Crippen molar-refractivity contribution < 1.29 is 26.3 Å². The Bertz CT molecular complexity index is 1400. The van der Waals surface area contributed by atoms with Crippen molar-refractivity contribution in [1.82, 2.24) is 4.67 Å². The van der Waals surface area contributed by atoms with E-state index in [4.69, 9.17) is 0 Å². The van der Waals surface area contributed by atoms with E-state index in [1.54, 1.807) is 12.3 Å². The first-order valence-corrected chi connectivity index (χ1v) is 17.8. The van der Waals surface area contributed by atoms with E-state index >= 15 is 0 Å². The van der Waals surface area contributed by atoms with E-state index in [9.17, 15) is 26.3 Å². The molecule has 3 rings (SSSR count). The Labute approximate surface area is 300 Å². The molecule has 0 N–H and O–H groups in total. The molecule has 1 aliphatic rings. The van der Waals surface area contributed by atoms with Gasteiger partial charge in [-0.15, -0.1) is 6.58 Å². The summed E-state index contributed by atoms with van der Waals surface area (Å²) >= 11 is 0. The lowest BCUT2D eigenvalue weighted by Gasteiger charge is -2.14. The van der Waals surface area contributed by atoms with Crippen LogP contribution in [0.5, 0.6) is 0 Å². The van der Waals surface area contributed by atoms with Gasteiger partial charge in [-0.3, -0.25) is 4.99 Å². The Hall–Kier alpha value is -3.64. The molecular formula is C42H65F6N2+. The van der Waals surface area contributed by atoms with Gasteiger partial charge in [-0.2, -0.15) is 26.3 Å². The largest absolute Gasteiger partial charge is 0.416 e. The third kappa shape index (κ3) is 23.7. The molecule has 0 aromatic heterocycles. The molecule has 0 fully saturated rings. The van der Waals surface area contributed by atoms with E-state index in [2.05, 4.69) is 68.7 Å². The number of benzene rings is 2. The molecule has 1 heterocycles. The minimum atomic E-state index is -4.76. The average molecular weight is 712 g/mol. The predicted octanol–water partition coefficient (Wildman–Crippen LogP) is 13.0. The van der Waals surface area contributed by atoms with Crippen molar-refractivity contribution in [2.45, 2.75) is 134 Å². The topological polar surface area (TPSA) is 26.5 Å². The molecule has 0 bridgehead atoms. The van der Waals surface area contributed by atoms with E-state index in [1.807, 2.05) is 73.7 Å². The van der Waals surface area contributed by atoms with Gasteiger partial charge in [-0.05, 0) is 74.1 Å². The first-order valence-electron chi connectivity index (χ1n) is 17.8. The molecular weight excluding hydrogens is 646 g/mol. The molecule has 2 nitrogen and oxygen atoms in total. The number of aryl methyl sites for hydroxylation is 1. The molecule has 0 aliphatic carbocycles. The number of hydrogen-bond acceptors (Lipinski definition) is 1. The molecule has 0 radical (unpaired) electrons. The van der Waals surface area contributed by atoms with Gasteiger partial charge >= 0.3 is 17.7 Å². The minimum Gasteiger partial charge on any atom is -0.262 e. The number of alkyl halides is 6. The van der Waals surface area contributed by atoms with Crippen LogP contribution in [0.1, 0.15) is 138 Å². The quantitative estimate of drug-likeness (QED) is 0.113. The SMILES string of the molecule is C=CC.C=CN=C(C)/C(C)=C/c1ccc2c(c1)=CC=[N+]=2.CC.CC.CC.CCCC(C)CCC.CCc1ccc(C(F)(F)F)cc1C(F)(F)F. The molecule has 284 valence electrons. The van der Waals surface area contributed by atoms with E-state index in [-0.39, 0.29) is 18.1 Å². The zero-order chi connectivity index (χ0) is 39.9. The fourth-order valence-electron chi connectivity index (χ4n) is 4.16. The van der Waals surface area contributed by atoms with Crippen molar-refractivity contribution in [3.05, 3.63) is 100 Å². The van der Waals surface area contributed by atoms with E-state index in [1.165, 1.54) is 43.4 Å². The summed E-state index contributed by atoms with van der Waals surface area (Å²) in [6.07, 6.45) is 5.32. The van der Waals surface area contributed by atoms with Crippen LogP contribution in [0.25, 0.3) is 12.2 Å². The van der Waals surface area contributed by atoms with Crippen molar-refractivity contribution in [2.75, 3.05) is 0 Å². The zero-order valence-electron chi connectivity index (χ0n) is 33.0. The molecule has 0 saturated carbocycles. The summed E-state index contributed by atoms with van der Waals surface area (Å²) in [5.41, 5.74) is 0.661. The zero-order valence-corrected chi connectivity index (χ0v) is 33.0. The van der Waals surface area contributed by atoms with E-state index in [0.29, 0.717) is 6.07 Å². The lowest BCUT2D eigenvalue weighted by Crippen LogP contribution is -2.23. The molecule has 50 heavy (non-hydrogen) atoms. The standard InChI is InChI=1S/C15H15N2.C10H8F6.C8H18.C3H6.3C2H6/c1-4-16-12(3)11(2)9-13-5-6-15-14(10-13)7-8-17-15;1-2-6-3-4-7(9(11,12)13)5-8(6)10(14,15)16;1-4-6-8(3)7-5-2;1-3-2;3*1-2/h4-10H,1H2,2-3H3;3-5H,2H2,1H3;8H,4-7H2,1-3H3;3H,1H2,2H3;3*1-2H3/q+1;;;;;;/b11-9+,16-12?;;;;;;. The van der Waals surface area contributed by atoms with Gasteiger partial charge in [-0.25, -0.2) is 0 Å². The van der Waals surface area contributed by atoms with E-state index in [0.717, 1.165) is 28.6 Å². The number of halogens is 6. The number of rotatable bonds is 8. The summed E-state index contributed by atoms with van der Waals surface area (Å²) in [4.78, 5) is 4.17. The summed E-state index contributed by atoms with van der Waals surface area (Å²) < 4.78 is 78.2. The van der Waals surface area contributed by atoms with Crippen molar-refractivity contribution in [3.63, 3.8) is 0 Å². The second-order valence-corrected chi connectivity index (χ2v) is 10.3. The molecule has 0 spiro atoms. The number of fused-ring (bicyclic) bond motifs is 1. The normalized spacial score (nSPS) is 11.2. The highest BCUT2D eigenvalue weighted by Gasteiger charge is 2.37. The van der Waals surface area contributed by atoms with Crippen LogP contribution < -0.4 is 15.2 Å². The maximum absolute atomic E-state index is 12.4. The van der Waals surface area contributed by atoms with Crippen LogP contribution in [-0.2, 0) is 18.8 Å². The van der Waals surface area contributed by atoms with Crippen LogP contribution in [-0.4, -0.2) is 11.9 Å². The minimum absolute atomic E-state index is 0.0347. The highest BCUT2D eigenvalue weighted by molar-refractivity contribution is 6.01. The van der Waals surface area contributed by atoms with Crippen LogP contribution in [0.3, 0.4) is 0 Å².